The molecule has 1 aromatic rings. The fraction of sp³-hybridized carbons (Fsp3) is 0.278. The molecule has 120 valence electrons. The Kier molecular flexibility index (Phi) is 4.88. The first-order valence-electron chi connectivity index (χ1n) is 7.77. The number of allylic oxidation sites excluding steroid dienone is 2. The van der Waals surface area contributed by atoms with Crippen molar-refractivity contribution in [3.05, 3.63) is 71.7 Å². The minimum Gasteiger partial charge on any atom is -0.381 e. The molecule has 1 aromatic carbocycles. The van der Waals surface area contributed by atoms with Crippen molar-refractivity contribution in [1.29, 1.82) is 0 Å². The third-order valence-electron chi connectivity index (χ3n) is 4.06. The number of nitrogens with zero attached hydrogens (tertiary/aromatic N) is 1. The largest absolute Gasteiger partial charge is 0.381 e. The van der Waals surface area contributed by atoms with Gasteiger partial charge in [-0.15, -0.1) is 0 Å². The van der Waals surface area contributed by atoms with Gasteiger partial charge in [-0.1, -0.05) is 24.3 Å². The van der Waals surface area contributed by atoms with E-state index in [0.29, 0.717) is 12.2 Å². The van der Waals surface area contributed by atoms with Gasteiger partial charge in [0.15, 0.2) is 0 Å². The van der Waals surface area contributed by atoms with E-state index in [9.17, 15) is 9.18 Å². The molecule has 0 saturated carbocycles. The second-order valence-electron chi connectivity index (χ2n) is 5.67. The van der Waals surface area contributed by atoms with E-state index >= 15 is 0 Å². The van der Waals surface area contributed by atoms with Gasteiger partial charge in [-0.05, 0) is 42.5 Å². The Hall–Kier alpha value is -2.40. The lowest BCUT2D eigenvalue weighted by atomic mass is 9.99. The molecule has 0 fully saturated rings. The maximum atomic E-state index is 13.1. The average molecular weight is 313 g/mol. The summed E-state index contributed by atoms with van der Waals surface area (Å²) >= 11 is 0. The minimum atomic E-state index is -0.398. The Morgan fingerprint density at radius 3 is 3.00 bits per heavy atom. The number of carbonyl (C=O) groups is 1. The Morgan fingerprint density at radius 2 is 2.30 bits per heavy atom. The zero-order chi connectivity index (χ0) is 16.1. The van der Waals surface area contributed by atoms with Gasteiger partial charge in [0.25, 0.3) is 5.91 Å². The van der Waals surface area contributed by atoms with Gasteiger partial charge in [-0.3, -0.25) is 9.69 Å². The van der Waals surface area contributed by atoms with Gasteiger partial charge in [0.2, 0.25) is 0 Å². The second-order valence-corrected chi connectivity index (χ2v) is 5.67. The highest BCUT2D eigenvalue weighted by atomic mass is 19.1. The summed E-state index contributed by atoms with van der Waals surface area (Å²) < 4.78 is 13.1. The van der Waals surface area contributed by atoms with Gasteiger partial charge in [-0.2, -0.15) is 0 Å². The molecule has 2 heterocycles. The molecular formula is C18H20FN3O. The average Bonchev–Trinajstić information content (AvgIpc) is 2.61. The lowest BCUT2D eigenvalue weighted by Gasteiger charge is -2.29. The van der Waals surface area contributed by atoms with Crippen molar-refractivity contribution in [3.8, 4) is 0 Å². The van der Waals surface area contributed by atoms with Gasteiger partial charge < -0.3 is 10.6 Å². The van der Waals surface area contributed by atoms with Gasteiger partial charge in [0.05, 0.1) is 12.7 Å². The van der Waals surface area contributed by atoms with Crippen LogP contribution in [0.1, 0.15) is 16.8 Å². The van der Waals surface area contributed by atoms with E-state index in [1.807, 2.05) is 18.4 Å². The standard InChI is InChI=1S/C18H20FN3O/c19-16-5-3-4-15(12-16)18(23)21-13-22-10-7-14(8-11-22)17-6-1-2-9-20-17/h1-7,9,12,17,20H,8,10-11,13H2,(H,21,23). The molecule has 1 atom stereocenters. The number of amides is 1. The van der Waals surface area contributed by atoms with Gasteiger partial charge in [-0.25, -0.2) is 4.39 Å². The highest BCUT2D eigenvalue weighted by Crippen LogP contribution is 2.16. The van der Waals surface area contributed by atoms with E-state index in [1.165, 1.54) is 17.7 Å². The van der Waals surface area contributed by atoms with Crippen LogP contribution in [-0.2, 0) is 0 Å². The van der Waals surface area contributed by atoms with Crippen LogP contribution in [0, 0.1) is 5.82 Å². The molecule has 2 aliphatic rings. The first-order chi connectivity index (χ1) is 11.2. The topological polar surface area (TPSA) is 44.4 Å². The predicted molar refractivity (Wildman–Crippen MR) is 88.2 cm³/mol. The molecule has 23 heavy (non-hydrogen) atoms. The normalized spacial score (nSPS) is 20.7. The van der Waals surface area contributed by atoms with Crippen LogP contribution in [0.25, 0.3) is 0 Å². The smallest absolute Gasteiger partial charge is 0.252 e. The molecule has 0 spiro atoms. The van der Waals surface area contributed by atoms with Gasteiger partial charge in [0, 0.05) is 18.7 Å². The Labute approximate surface area is 135 Å². The molecule has 0 aliphatic carbocycles. The summed E-state index contributed by atoms with van der Waals surface area (Å²) in [6, 6.07) is 6.01. The maximum absolute atomic E-state index is 13.1. The maximum Gasteiger partial charge on any atom is 0.252 e. The van der Waals surface area contributed by atoms with E-state index in [-0.39, 0.29) is 11.9 Å². The summed E-state index contributed by atoms with van der Waals surface area (Å²) in [7, 11) is 0. The molecule has 0 bridgehead atoms. The van der Waals surface area contributed by atoms with Crippen LogP contribution in [-0.4, -0.2) is 36.6 Å². The van der Waals surface area contributed by atoms with E-state index in [2.05, 4.69) is 27.7 Å². The van der Waals surface area contributed by atoms with E-state index in [0.717, 1.165) is 19.5 Å². The number of rotatable bonds is 4. The highest BCUT2D eigenvalue weighted by molar-refractivity contribution is 5.94. The van der Waals surface area contributed by atoms with Crippen LogP contribution in [0.15, 0.2) is 60.3 Å². The zero-order valence-electron chi connectivity index (χ0n) is 12.8. The third kappa shape index (κ3) is 4.07. The van der Waals surface area contributed by atoms with Gasteiger partial charge in [0.1, 0.15) is 5.82 Å². The summed E-state index contributed by atoms with van der Waals surface area (Å²) in [6.45, 7) is 2.16. The highest BCUT2D eigenvalue weighted by Gasteiger charge is 2.17. The van der Waals surface area contributed by atoms with Crippen molar-refractivity contribution in [3.63, 3.8) is 0 Å². The minimum absolute atomic E-state index is 0.249. The number of nitrogens with one attached hydrogen (secondary N) is 2. The number of carbonyl (C=O) groups excluding carboxylic acids is 1. The molecule has 2 N–H and O–H groups in total. The summed E-state index contributed by atoms with van der Waals surface area (Å²) in [5.74, 6) is -0.647. The summed E-state index contributed by atoms with van der Waals surface area (Å²) in [6.07, 6.45) is 11.3. The number of hydrogen-bond acceptors (Lipinski definition) is 3. The first-order valence-corrected chi connectivity index (χ1v) is 7.77. The first kappa shape index (κ1) is 15.5. The van der Waals surface area contributed by atoms with E-state index < -0.39 is 5.82 Å². The number of halogens is 1. The number of dihydropyridines is 1. The fourth-order valence-corrected chi connectivity index (χ4v) is 2.74. The van der Waals surface area contributed by atoms with Crippen LogP contribution in [0.4, 0.5) is 4.39 Å². The van der Waals surface area contributed by atoms with Crippen molar-refractivity contribution in [2.45, 2.75) is 12.5 Å². The van der Waals surface area contributed by atoms with Gasteiger partial charge >= 0.3 is 0 Å². The lowest BCUT2D eigenvalue weighted by Crippen LogP contribution is -2.41. The summed E-state index contributed by atoms with van der Waals surface area (Å²) in [5.41, 5.74) is 1.72. The molecule has 1 unspecified atom stereocenters. The second kappa shape index (κ2) is 7.24. The monoisotopic (exact) mass is 313 g/mol. The van der Waals surface area contributed by atoms with Crippen LogP contribution in [0.3, 0.4) is 0 Å². The molecule has 2 aliphatic heterocycles. The lowest BCUT2D eigenvalue weighted by molar-refractivity contribution is 0.0924. The van der Waals surface area contributed by atoms with Crippen molar-refractivity contribution < 1.29 is 9.18 Å². The fourth-order valence-electron chi connectivity index (χ4n) is 2.74. The molecule has 1 amide bonds. The Balaban J connectivity index is 1.49. The Morgan fingerprint density at radius 1 is 1.39 bits per heavy atom. The summed E-state index contributed by atoms with van der Waals surface area (Å²) in [5, 5.41) is 6.16. The predicted octanol–water partition coefficient (Wildman–Crippen LogP) is 2.19. The van der Waals surface area contributed by atoms with Crippen LogP contribution >= 0.6 is 0 Å². The number of hydrogen-bond donors (Lipinski definition) is 2. The number of benzene rings is 1. The van der Waals surface area contributed by atoms with Crippen LogP contribution in [0.2, 0.25) is 0 Å². The van der Waals surface area contributed by atoms with Crippen molar-refractivity contribution in [1.82, 2.24) is 15.5 Å². The summed E-state index contributed by atoms with van der Waals surface area (Å²) in [4.78, 5) is 14.2. The molecule has 0 saturated heterocycles. The van der Waals surface area contributed by atoms with E-state index in [4.69, 9.17) is 0 Å². The van der Waals surface area contributed by atoms with Crippen molar-refractivity contribution >= 4 is 5.91 Å². The van der Waals surface area contributed by atoms with Crippen molar-refractivity contribution in [2.24, 2.45) is 0 Å². The molecule has 3 rings (SSSR count). The molecule has 0 aromatic heterocycles. The third-order valence-corrected chi connectivity index (χ3v) is 4.06. The Bertz CT molecular complexity index is 666. The van der Waals surface area contributed by atoms with E-state index in [1.54, 1.807) is 12.1 Å². The molecule has 0 radical (unpaired) electrons. The zero-order valence-corrected chi connectivity index (χ0v) is 12.8. The molecular weight excluding hydrogens is 293 g/mol. The van der Waals surface area contributed by atoms with Crippen LogP contribution in [0.5, 0.6) is 0 Å². The molecule has 5 heteroatoms. The SMILES string of the molecule is O=C(NCN1CC=C(C2C=CC=CN2)CC1)c1cccc(F)c1. The quantitative estimate of drug-likeness (QED) is 0.838. The van der Waals surface area contributed by atoms with Crippen LogP contribution < -0.4 is 10.6 Å². The molecule has 4 nitrogen and oxygen atoms in total. The van der Waals surface area contributed by atoms with Crippen molar-refractivity contribution in [2.75, 3.05) is 19.8 Å².